The van der Waals surface area contributed by atoms with Gasteiger partial charge < -0.3 is 18.8 Å². The summed E-state index contributed by atoms with van der Waals surface area (Å²) in [4.78, 5) is 27.1. The summed E-state index contributed by atoms with van der Waals surface area (Å²) in [5, 5.41) is 3.61. The molecule has 0 aliphatic carbocycles. The number of benzene rings is 1. The van der Waals surface area contributed by atoms with Crippen LogP contribution in [-0.4, -0.2) is 49.6 Å². The summed E-state index contributed by atoms with van der Waals surface area (Å²) in [5.74, 6) is 0.795. The first-order valence-corrected chi connectivity index (χ1v) is 9.54. The number of fused-ring (bicyclic) bond motifs is 1. The lowest BCUT2D eigenvalue weighted by Gasteiger charge is -2.19. The number of hydrogen-bond donors (Lipinski definition) is 0. The standard InChI is InChI=1S/C19H23N3O3S.CH2O/c1-13-15(16-11-14(25-4)5-6-17(16)21(13)2)12-18(23)22(8-9-24-3)19-20-7-10-26-19;1-2/h5-7,10-11H,8-9,12H2,1-4H3;1H2. The largest absolute Gasteiger partial charge is 0.497 e. The van der Waals surface area contributed by atoms with Crippen LogP contribution in [0.2, 0.25) is 0 Å². The van der Waals surface area contributed by atoms with Gasteiger partial charge in [0.2, 0.25) is 5.91 Å². The van der Waals surface area contributed by atoms with Gasteiger partial charge in [-0.1, -0.05) is 0 Å². The highest BCUT2D eigenvalue weighted by Gasteiger charge is 2.22. The highest BCUT2D eigenvalue weighted by atomic mass is 32.1. The molecule has 7 nitrogen and oxygen atoms in total. The first kappa shape index (κ1) is 21.6. The Kier molecular flexibility index (Phi) is 7.71. The zero-order chi connectivity index (χ0) is 20.7. The van der Waals surface area contributed by atoms with Crippen LogP contribution in [0.15, 0.2) is 29.8 Å². The molecular formula is C20H25N3O4S. The second-order valence-electron chi connectivity index (χ2n) is 6.04. The topological polar surface area (TPSA) is 73.7 Å². The van der Waals surface area contributed by atoms with Crippen LogP contribution in [0.1, 0.15) is 11.3 Å². The molecule has 0 unspecified atom stereocenters. The number of anilines is 1. The summed E-state index contributed by atoms with van der Waals surface area (Å²) in [5.41, 5.74) is 3.18. The quantitative estimate of drug-likeness (QED) is 0.606. The van der Waals surface area contributed by atoms with E-state index < -0.39 is 0 Å². The fourth-order valence-corrected chi connectivity index (χ4v) is 3.77. The molecule has 0 atom stereocenters. The Morgan fingerprint density at radius 1 is 1.32 bits per heavy atom. The Bertz CT molecular complexity index is 921. The molecule has 0 aliphatic heterocycles. The first-order chi connectivity index (χ1) is 13.6. The van der Waals surface area contributed by atoms with E-state index in [2.05, 4.69) is 9.55 Å². The van der Waals surface area contributed by atoms with E-state index in [4.69, 9.17) is 14.3 Å². The lowest BCUT2D eigenvalue weighted by atomic mass is 10.1. The molecule has 0 N–H and O–H groups in total. The van der Waals surface area contributed by atoms with Crippen LogP contribution in [0.5, 0.6) is 5.75 Å². The lowest BCUT2D eigenvalue weighted by Crippen LogP contribution is -2.35. The summed E-state index contributed by atoms with van der Waals surface area (Å²) < 4.78 is 12.6. The van der Waals surface area contributed by atoms with E-state index in [1.165, 1.54) is 11.3 Å². The average molecular weight is 404 g/mol. The predicted octanol–water partition coefficient (Wildman–Crippen LogP) is 2.99. The fraction of sp³-hybridized carbons (Fsp3) is 0.350. The van der Waals surface area contributed by atoms with Crippen LogP contribution < -0.4 is 9.64 Å². The molecule has 0 spiro atoms. The third-order valence-electron chi connectivity index (χ3n) is 4.63. The maximum absolute atomic E-state index is 13.1. The van der Waals surface area contributed by atoms with E-state index >= 15 is 0 Å². The van der Waals surface area contributed by atoms with Gasteiger partial charge in [0.05, 0.1) is 26.7 Å². The Hall–Kier alpha value is -2.71. The molecule has 1 amide bonds. The SMILES string of the molecule is C=O.COCCN(C(=O)Cc1c(C)n(C)c2ccc(OC)cc12)c1nccs1. The van der Waals surface area contributed by atoms with Gasteiger partial charge in [-0.2, -0.15) is 0 Å². The van der Waals surface area contributed by atoms with Gasteiger partial charge in [-0.15, -0.1) is 11.3 Å². The van der Waals surface area contributed by atoms with Crippen molar-refractivity contribution in [3.05, 3.63) is 41.0 Å². The third-order valence-corrected chi connectivity index (χ3v) is 5.42. The maximum atomic E-state index is 13.1. The van der Waals surface area contributed by atoms with Crippen molar-refractivity contribution in [3.8, 4) is 5.75 Å². The molecule has 2 aromatic heterocycles. The number of aromatic nitrogens is 2. The number of nitrogens with zero attached hydrogens (tertiary/aromatic N) is 3. The van der Waals surface area contributed by atoms with Gasteiger partial charge in [-0.05, 0) is 30.7 Å². The molecule has 0 bridgehead atoms. The molecule has 1 aromatic carbocycles. The first-order valence-electron chi connectivity index (χ1n) is 8.66. The van der Waals surface area contributed by atoms with Crippen LogP contribution in [0.25, 0.3) is 10.9 Å². The summed E-state index contributed by atoms with van der Waals surface area (Å²) in [6.07, 6.45) is 2.01. The summed E-state index contributed by atoms with van der Waals surface area (Å²) >= 11 is 1.45. The number of ether oxygens (including phenoxy) is 2. The zero-order valence-electron chi connectivity index (χ0n) is 16.6. The van der Waals surface area contributed by atoms with Crippen molar-refractivity contribution in [1.29, 1.82) is 0 Å². The number of amides is 1. The van der Waals surface area contributed by atoms with E-state index in [1.54, 1.807) is 25.3 Å². The minimum atomic E-state index is 0.00965. The smallest absolute Gasteiger partial charge is 0.233 e. The van der Waals surface area contributed by atoms with Gasteiger partial charge in [0, 0.05) is 42.3 Å². The van der Waals surface area contributed by atoms with E-state index in [0.29, 0.717) is 24.7 Å². The third kappa shape index (κ3) is 4.40. The van der Waals surface area contributed by atoms with Crippen LogP contribution in [-0.2, 0) is 27.8 Å². The maximum Gasteiger partial charge on any atom is 0.233 e. The van der Waals surface area contributed by atoms with Gasteiger partial charge in [-0.3, -0.25) is 9.69 Å². The van der Waals surface area contributed by atoms with E-state index in [9.17, 15) is 4.79 Å². The fourth-order valence-electron chi connectivity index (χ4n) is 3.08. The van der Waals surface area contributed by atoms with Gasteiger partial charge >= 0.3 is 0 Å². The Morgan fingerprint density at radius 3 is 2.68 bits per heavy atom. The minimum absolute atomic E-state index is 0.00965. The van der Waals surface area contributed by atoms with Crippen molar-refractivity contribution < 1.29 is 19.1 Å². The zero-order valence-corrected chi connectivity index (χ0v) is 17.4. The van der Waals surface area contributed by atoms with Crippen molar-refractivity contribution in [2.45, 2.75) is 13.3 Å². The summed E-state index contributed by atoms with van der Waals surface area (Å²) in [7, 11) is 5.30. The number of carbonyl (C=O) groups excluding carboxylic acids is 2. The lowest BCUT2D eigenvalue weighted by molar-refractivity contribution is -0.118. The normalized spacial score (nSPS) is 10.4. The van der Waals surface area contributed by atoms with Crippen LogP contribution in [0.4, 0.5) is 5.13 Å². The molecule has 3 aromatic rings. The molecule has 0 fully saturated rings. The molecular weight excluding hydrogens is 378 g/mol. The van der Waals surface area contributed by atoms with Crippen LogP contribution in [0, 0.1) is 6.92 Å². The second-order valence-corrected chi connectivity index (χ2v) is 6.91. The molecule has 0 saturated carbocycles. The van der Waals surface area contributed by atoms with Crippen molar-refractivity contribution in [3.63, 3.8) is 0 Å². The van der Waals surface area contributed by atoms with Gasteiger partial charge in [0.15, 0.2) is 5.13 Å². The van der Waals surface area contributed by atoms with Crippen LogP contribution in [0.3, 0.4) is 0 Å². The molecule has 0 saturated heterocycles. The number of thiazole rings is 1. The highest BCUT2D eigenvalue weighted by molar-refractivity contribution is 7.13. The number of carbonyl (C=O) groups is 2. The monoisotopic (exact) mass is 403 g/mol. The van der Waals surface area contributed by atoms with Crippen molar-refractivity contribution >= 4 is 40.1 Å². The second kappa shape index (κ2) is 10.0. The Morgan fingerprint density at radius 2 is 2.07 bits per heavy atom. The van der Waals surface area contributed by atoms with Crippen molar-refractivity contribution in [2.24, 2.45) is 7.05 Å². The molecule has 2 heterocycles. The molecule has 0 radical (unpaired) electrons. The number of rotatable bonds is 7. The molecule has 0 aliphatic rings. The van der Waals surface area contributed by atoms with Crippen molar-refractivity contribution in [1.82, 2.24) is 9.55 Å². The molecule has 150 valence electrons. The van der Waals surface area contributed by atoms with Gasteiger partial charge in [-0.25, -0.2) is 4.98 Å². The van der Waals surface area contributed by atoms with Gasteiger partial charge in [0.25, 0.3) is 0 Å². The highest BCUT2D eigenvalue weighted by Crippen LogP contribution is 2.30. The average Bonchev–Trinajstić information content (AvgIpc) is 3.33. The number of methoxy groups -OCH3 is 2. The van der Waals surface area contributed by atoms with E-state index in [1.807, 2.05) is 44.3 Å². The van der Waals surface area contributed by atoms with Crippen molar-refractivity contribution in [2.75, 3.05) is 32.3 Å². The van der Waals surface area contributed by atoms with Crippen LogP contribution >= 0.6 is 11.3 Å². The summed E-state index contributed by atoms with van der Waals surface area (Å²) in [6, 6.07) is 5.96. The molecule has 28 heavy (non-hydrogen) atoms. The Labute approximate surface area is 168 Å². The molecule has 8 heteroatoms. The number of aryl methyl sites for hydroxylation is 1. The van der Waals surface area contributed by atoms with E-state index in [-0.39, 0.29) is 5.91 Å². The number of hydrogen-bond acceptors (Lipinski definition) is 6. The van der Waals surface area contributed by atoms with E-state index in [0.717, 1.165) is 27.9 Å². The molecule has 3 rings (SSSR count). The Balaban J connectivity index is 0.00000136. The summed E-state index contributed by atoms with van der Waals surface area (Å²) in [6.45, 7) is 4.99. The predicted molar refractivity (Wildman–Crippen MR) is 111 cm³/mol. The van der Waals surface area contributed by atoms with Gasteiger partial charge in [0.1, 0.15) is 12.5 Å². The minimum Gasteiger partial charge on any atom is -0.497 e.